The number of aromatic nitrogens is 1. The molecule has 0 saturated carbocycles. The summed E-state index contributed by atoms with van der Waals surface area (Å²) in [5.74, 6) is -1.51. The molecule has 1 aromatic heterocycles. The summed E-state index contributed by atoms with van der Waals surface area (Å²) < 4.78 is 0. The maximum atomic E-state index is 13.5. The molecule has 2 atom stereocenters. The number of nitrogens with two attached hydrogens (primary N) is 1. The summed E-state index contributed by atoms with van der Waals surface area (Å²) in [6.07, 6.45) is 1.98. The summed E-state index contributed by atoms with van der Waals surface area (Å²) in [6.45, 7) is 2.22. The van der Waals surface area contributed by atoms with Gasteiger partial charge in [0.1, 0.15) is 11.9 Å². The highest BCUT2D eigenvalue weighted by Gasteiger charge is 2.54. The van der Waals surface area contributed by atoms with Crippen LogP contribution in [-0.2, 0) is 20.8 Å². The molecule has 2 heterocycles. The molecule has 1 aliphatic heterocycles. The first-order valence-corrected chi connectivity index (χ1v) is 11.4. The highest BCUT2D eigenvalue weighted by Crippen LogP contribution is 2.35. The number of anilines is 1. The molecule has 0 bridgehead atoms. The Labute approximate surface area is 199 Å². The number of imide groups is 1. The monoisotopic (exact) mass is 456 g/mol. The third kappa shape index (κ3) is 4.83. The van der Waals surface area contributed by atoms with Crippen LogP contribution in [0.1, 0.15) is 36.0 Å². The van der Waals surface area contributed by atoms with Crippen LogP contribution in [0.5, 0.6) is 0 Å². The minimum absolute atomic E-state index is 0.0879. The van der Waals surface area contributed by atoms with Gasteiger partial charge in [-0.25, -0.2) is 4.98 Å². The van der Waals surface area contributed by atoms with Gasteiger partial charge in [-0.3, -0.25) is 19.3 Å². The highest BCUT2D eigenvalue weighted by atomic mass is 16.2. The number of amides is 3. The number of carbonyl (C=O) groups is 3. The summed E-state index contributed by atoms with van der Waals surface area (Å²) in [6, 6.07) is 22.1. The standard InChI is InChI=1S/C27H28N4O3/c1-2-29-26(33)25-22(15-18-13-14-30-23(28)16-18)27(34)31(25)24(32)17-21(19-9-5-3-6-10-19)20-11-7-4-8-12-20/h3-14,16,21-22,25H,2,15,17H2,1H3,(H2,28,30)(H,29,33)/t22-,25+/m1/s1. The number of hydrogen-bond donors (Lipinski definition) is 2. The lowest BCUT2D eigenvalue weighted by Gasteiger charge is -2.45. The average Bonchev–Trinajstić information content (AvgIpc) is 2.85. The maximum absolute atomic E-state index is 13.5. The van der Waals surface area contributed by atoms with Crippen molar-refractivity contribution in [3.8, 4) is 0 Å². The lowest BCUT2D eigenvalue weighted by atomic mass is 9.80. The molecule has 0 unspecified atom stereocenters. The number of nitrogens with one attached hydrogen (secondary N) is 1. The number of carbonyl (C=O) groups excluding carboxylic acids is 3. The average molecular weight is 457 g/mol. The van der Waals surface area contributed by atoms with E-state index in [0.717, 1.165) is 21.6 Å². The van der Waals surface area contributed by atoms with E-state index in [-0.39, 0.29) is 30.1 Å². The van der Waals surface area contributed by atoms with E-state index in [1.54, 1.807) is 18.3 Å². The number of rotatable bonds is 8. The van der Waals surface area contributed by atoms with Gasteiger partial charge in [-0.15, -0.1) is 0 Å². The Balaban J connectivity index is 1.58. The van der Waals surface area contributed by atoms with Gasteiger partial charge in [0.2, 0.25) is 17.7 Å². The van der Waals surface area contributed by atoms with Gasteiger partial charge in [0.05, 0.1) is 5.92 Å². The zero-order chi connectivity index (χ0) is 24.1. The Hall–Kier alpha value is -4.00. The molecule has 3 aromatic rings. The molecule has 2 aromatic carbocycles. The van der Waals surface area contributed by atoms with Gasteiger partial charge in [0.25, 0.3) is 0 Å². The minimum atomic E-state index is -0.846. The molecule has 1 aliphatic rings. The van der Waals surface area contributed by atoms with Crippen molar-refractivity contribution in [2.45, 2.75) is 31.7 Å². The quantitative estimate of drug-likeness (QED) is 0.507. The number of likely N-dealkylation sites (N-methyl/N-ethyl adjacent to an activating group) is 1. The molecule has 3 N–H and O–H groups in total. The fourth-order valence-electron chi connectivity index (χ4n) is 4.55. The second kappa shape index (κ2) is 10.3. The second-order valence-corrected chi connectivity index (χ2v) is 8.42. The van der Waals surface area contributed by atoms with Gasteiger partial charge in [-0.05, 0) is 42.2 Å². The molecule has 0 aliphatic carbocycles. The maximum Gasteiger partial charge on any atom is 0.244 e. The lowest BCUT2D eigenvalue weighted by Crippen LogP contribution is -2.68. The van der Waals surface area contributed by atoms with Crippen LogP contribution in [-0.4, -0.2) is 40.2 Å². The summed E-state index contributed by atoms with van der Waals surface area (Å²) in [4.78, 5) is 44.6. The molecule has 34 heavy (non-hydrogen) atoms. The predicted molar refractivity (Wildman–Crippen MR) is 130 cm³/mol. The SMILES string of the molecule is CCNC(=O)[C@@H]1[C@@H](Cc2ccnc(N)c2)C(=O)N1C(=O)CC(c1ccccc1)c1ccccc1. The summed E-state index contributed by atoms with van der Waals surface area (Å²) in [7, 11) is 0. The molecule has 3 amide bonds. The molecule has 7 nitrogen and oxygen atoms in total. The topological polar surface area (TPSA) is 105 Å². The number of β-lactam (4-membered cyclic amide) rings is 1. The fourth-order valence-corrected chi connectivity index (χ4v) is 4.55. The van der Waals surface area contributed by atoms with E-state index in [9.17, 15) is 14.4 Å². The van der Waals surface area contributed by atoms with E-state index in [1.807, 2.05) is 67.6 Å². The van der Waals surface area contributed by atoms with Crippen LogP contribution in [0.3, 0.4) is 0 Å². The van der Waals surface area contributed by atoms with Crippen molar-refractivity contribution in [1.29, 1.82) is 0 Å². The van der Waals surface area contributed by atoms with Crippen LogP contribution in [0.4, 0.5) is 5.82 Å². The van der Waals surface area contributed by atoms with E-state index in [1.165, 1.54) is 0 Å². The Kier molecular flexibility index (Phi) is 7.01. The molecule has 1 saturated heterocycles. The van der Waals surface area contributed by atoms with Crippen molar-refractivity contribution in [3.63, 3.8) is 0 Å². The van der Waals surface area contributed by atoms with Crippen LogP contribution < -0.4 is 11.1 Å². The molecular weight excluding hydrogens is 428 g/mol. The third-order valence-electron chi connectivity index (χ3n) is 6.19. The zero-order valence-corrected chi connectivity index (χ0v) is 19.1. The van der Waals surface area contributed by atoms with Crippen LogP contribution in [0, 0.1) is 5.92 Å². The Morgan fingerprint density at radius 2 is 1.65 bits per heavy atom. The van der Waals surface area contributed by atoms with Gasteiger partial charge >= 0.3 is 0 Å². The Bertz CT molecular complexity index is 1130. The molecule has 7 heteroatoms. The van der Waals surface area contributed by atoms with Gasteiger partial charge in [0.15, 0.2) is 0 Å². The largest absolute Gasteiger partial charge is 0.384 e. The number of nitrogens with zero attached hydrogens (tertiary/aromatic N) is 2. The smallest absolute Gasteiger partial charge is 0.244 e. The molecule has 0 radical (unpaired) electrons. The van der Waals surface area contributed by atoms with Gasteiger partial charge in [-0.1, -0.05) is 60.7 Å². The van der Waals surface area contributed by atoms with Crippen LogP contribution in [0.25, 0.3) is 0 Å². The summed E-state index contributed by atoms with van der Waals surface area (Å²) in [5, 5.41) is 2.77. The number of hydrogen-bond acceptors (Lipinski definition) is 5. The van der Waals surface area contributed by atoms with Gasteiger partial charge < -0.3 is 11.1 Å². The lowest BCUT2D eigenvalue weighted by molar-refractivity contribution is -0.171. The third-order valence-corrected chi connectivity index (χ3v) is 6.19. The zero-order valence-electron chi connectivity index (χ0n) is 19.1. The minimum Gasteiger partial charge on any atom is -0.384 e. The molecule has 1 fully saturated rings. The van der Waals surface area contributed by atoms with Crippen LogP contribution in [0.2, 0.25) is 0 Å². The van der Waals surface area contributed by atoms with Gasteiger partial charge in [0, 0.05) is 25.1 Å². The Morgan fingerprint density at radius 3 is 2.21 bits per heavy atom. The normalized spacial score (nSPS) is 17.4. The first-order valence-electron chi connectivity index (χ1n) is 11.4. The van der Waals surface area contributed by atoms with Crippen molar-refractivity contribution in [1.82, 2.24) is 15.2 Å². The van der Waals surface area contributed by atoms with Crippen molar-refractivity contribution < 1.29 is 14.4 Å². The van der Waals surface area contributed by atoms with Crippen molar-refractivity contribution in [2.75, 3.05) is 12.3 Å². The molecular formula is C27H28N4O3. The summed E-state index contributed by atoms with van der Waals surface area (Å²) in [5.41, 5.74) is 8.54. The second-order valence-electron chi connectivity index (χ2n) is 8.42. The van der Waals surface area contributed by atoms with Crippen molar-refractivity contribution in [2.24, 2.45) is 5.92 Å². The first kappa shape index (κ1) is 23.2. The number of pyridine rings is 1. The van der Waals surface area contributed by atoms with E-state index in [2.05, 4.69) is 10.3 Å². The predicted octanol–water partition coefficient (Wildman–Crippen LogP) is 2.92. The van der Waals surface area contributed by atoms with E-state index >= 15 is 0 Å². The summed E-state index contributed by atoms with van der Waals surface area (Å²) >= 11 is 0. The van der Waals surface area contributed by atoms with Crippen LogP contribution in [0.15, 0.2) is 79.0 Å². The van der Waals surface area contributed by atoms with Crippen LogP contribution >= 0.6 is 0 Å². The van der Waals surface area contributed by atoms with E-state index < -0.39 is 12.0 Å². The number of likely N-dealkylation sites (tertiary alicyclic amines) is 1. The molecule has 174 valence electrons. The first-order chi connectivity index (χ1) is 16.5. The van der Waals surface area contributed by atoms with Crippen molar-refractivity contribution >= 4 is 23.5 Å². The van der Waals surface area contributed by atoms with Gasteiger partial charge in [-0.2, -0.15) is 0 Å². The van der Waals surface area contributed by atoms with Crippen molar-refractivity contribution in [3.05, 3.63) is 95.7 Å². The number of benzene rings is 2. The molecule has 0 spiro atoms. The molecule has 4 rings (SSSR count). The fraction of sp³-hybridized carbons (Fsp3) is 0.259. The van der Waals surface area contributed by atoms with E-state index in [4.69, 9.17) is 5.73 Å². The highest BCUT2D eigenvalue weighted by molar-refractivity contribution is 6.09. The number of nitrogen functional groups attached to an aromatic ring is 1. The Morgan fingerprint density at radius 1 is 1.03 bits per heavy atom. The van der Waals surface area contributed by atoms with E-state index in [0.29, 0.717) is 18.8 Å².